The van der Waals surface area contributed by atoms with Crippen molar-refractivity contribution < 1.29 is 23.5 Å². The van der Waals surface area contributed by atoms with E-state index in [-0.39, 0.29) is 23.8 Å². The number of benzene rings is 1. The molecule has 0 aliphatic heterocycles. The Bertz CT molecular complexity index is 793. The summed E-state index contributed by atoms with van der Waals surface area (Å²) in [5.41, 5.74) is 0.658. The van der Waals surface area contributed by atoms with E-state index in [2.05, 4.69) is 22.4 Å². The summed E-state index contributed by atoms with van der Waals surface area (Å²) in [7, 11) is 4.64. The van der Waals surface area contributed by atoms with Gasteiger partial charge in [-0.15, -0.1) is 0 Å². The SMILES string of the molecule is CC[C@H](C)[C@H](NC(=O)CC(C)C)c1nc(-c2cc(OC)c(OC)c(OC)c2)no1. The maximum absolute atomic E-state index is 12.3. The zero-order chi connectivity index (χ0) is 21.6. The second kappa shape index (κ2) is 10.1. The van der Waals surface area contributed by atoms with Crippen LogP contribution in [-0.4, -0.2) is 37.4 Å². The molecule has 0 bridgehead atoms. The molecule has 1 aromatic heterocycles. The van der Waals surface area contributed by atoms with Crippen LogP contribution in [0.3, 0.4) is 0 Å². The van der Waals surface area contributed by atoms with E-state index in [9.17, 15) is 4.79 Å². The molecule has 0 saturated carbocycles. The van der Waals surface area contributed by atoms with Crippen LogP contribution in [0.5, 0.6) is 17.2 Å². The second-order valence-electron chi connectivity index (χ2n) is 7.40. The third-order valence-electron chi connectivity index (χ3n) is 4.75. The maximum atomic E-state index is 12.3. The van der Waals surface area contributed by atoms with Crippen LogP contribution in [0, 0.1) is 11.8 Å². The molecule has 8 heteroatoms. The summed E-state index contributed by atoms with van der Waals surface area (Å²) in [5.74, 6) is 2.61. The molecule has 8 nitrogen and oxygen atoms in total. The van der Waals surface area contributed by atoms with Gasteiger partial charge in [0.25, 0.3) is 0 Å². The summed E-state index contributed by atoms with van der Waals surface area (Å²) < 4.78 is 21.7. The number of rotatable bonds is 10. The monoisotopic (exact) mass is 405 g/mol. The predicted octanol–water partition coefficient (Wildman–Crippen LogP) is 4.01. The minimum atomic E-state index is -0.352. The minimum absolute atomic E-state index is 0.0298. The van der Waals surface area contributed by atoms with Crippen LogP contribution in [-0.2, 0) is 4.79 Å². The summed E-state index contributed by atoms with van der Waals surface area (Å²) in [6.07, 6.45) is 1.30. The van der Waals surface area contributed by atoms with Crippen molar-refractivity contribution in [3.05, 3.63) is 18.0 Å². The van der Waals surface area contributed by atoms with Crippen molar-refractivity contribution in [2.45, 2.75) is 46.6 Å². The van der Waals surface area contributed by atoms with Gasteiger partial charge in [0.2, 0.25) is 23.4 Å². The zero-order valence-corrected chi connectivity index (χ0v) is 18.2. The Morgan fingerprint density at radius 3 is 2.21 bits per heavy atom. The lowest BCUT2D eigenvalue weighted by Crippen LogP contribution is -2.33. The molecule has 0 fully saturated rings. The number of carbonyl (C=O) groups is 1. The molecule has 2 aromatic rings. The molecule has 1 N–H and O–H groups in total. The molecule has 0 spiro atoms. The fourth-order valence-corrected chi connectivity index (χ4v) is 2.98. The van der Waals surface area contributed by atoms with Crippen LogP contribution in [0.25, 0.3) is 11.4 Å². The van der Waals surface area contributed by atoms with Gasteiger partial charge in [-0.25, -0.2) is 0 Å². The normalized spacial score (nSPS) is 13.1. The maximum Gasteiger partial charge on any atom is 0.249 e. The van der Waals surface area contributed by atoms with E-state index in [1.165, 1.54) is 0 Å². The highest BCUT2D eigenvalue weighted by Gasteiger charge is 2.27. The highest BCUT2D eigenvalue weighted by molar-refractivity contribution is 5.76. The largest absolute Gasteiger partial charge is 0.493 e. The van der Waals surface area contributed by atoms with Crippen molar-refractivity contribution in [3.8, 4) is 28.6 Å². The van der Waals surface area contributed by atoms with E-state index >= 15 is 0 Å². The van der Waals surface area contributed by atoms with Gasteiger partial charge in [-0.3, -0.25) is 4.79 Å². The van der Waals surface area contributed by atoms with Gasteiger partial charge in [-0.1, -0.05) is 39.3 Å². The molecular weight excluding hydrogens is 374 g/mol. The molecule has 0 radical (unpaired) electrons. The molecule has 1 heterocycles. The first-order valence-corrected chi connectivity index (χ1v) is 9.77. The number of ether oxygens (including phenoxy) is 3. The lowest BCUT2D eigenvalue weighted by molar-refractivity contribution is -0.123. The third-order valence-corrected chi connectivity index (χ3v) is 4.75. The lowest BCUT2D eigenvalue weighted by atomic mass is 9.98. The van der Waals surface area contributed by atoms with Crippen molar-refractivity contribution in [1.29, 1.82) is 0 Å². The molecule has 0 saturated heterocycles. The van der Waals surface area contributed by atoms with Gasteiger partial charge < -0.3 is 24.1 Å². The highest BCUT2D eigenvalue weighted by Crippen LogP contribution is 2.40. The lowest BCUT2D eigenvalue weighted by Gasteiger charge is -2.21. The topological polar surface area (TPSA) is 95.7 Å². The Morgan fingerprint density at radius 1 is 1.10 bits per heavy atom. The summed E-state index contributed by atoms with van der Waals surface area (Å²) >= 11 is 0. The van der Waals surface area contributed by atoms with E-state index in [4.69, 9.17) is 18.7 Å². The summed E-state index contributed by atoms with van der Waals surface area (Å²) in [4.78, 5) is 16.9. The van der Waals surface area contributed by atoms with Crippen molar-refractivity contribution >= 4 is 5.91 Å². The van der Waals surface area contributed by atoms with E-state index < -0.39 is 0 Å². The van der Waals surface area contributed by atoms with Crippen LogP contribution in [0.15, 0.2) is 16.7 Å². The van der Waals surface area contributed by atoms with Gasteiger partial charge in [-0.2, -0.15) is 4.98 Å². The summed E-state index contributed by atoms with van der Waals surface area (Å²) in [6, 6.07) is 3.16. The van der Waals surface area contributed by atoms with Crippen molar-refractivity contribution in [2.24, 2.45) is 11.8 Å². The minimum Gasteiger partial charge on any atom is -0.493 e. The molecule has 1 amide bonds. The first-order valence-electron chi connectivity index (χ1n) is 9.77. The molecule has 160 valence electrons. The van der Waals surface area contributed by atoms with Gasteiger partial charge in [0.05, 0.1) is 21.3 Å². The average Bonchev–Trinajstić information content (AvgIpc) is 3.19. The molecule has 2 atom stereocenters. The Kier molecular flexibility index (Phi) is 7.87. The molecule has 29 heavy (non-hydrogen) atoms. The number of hydrogen-bond donors (Lipinski definition) is 1. The standard InChI is InChI=1S/C21H31N3O5/c1-8-13(4)18(22-17(25)9-12(2)3)21-23-20(24-29-21)14-10-15(26-5)19(28-7)16(11-14)27-6/h10-13,18H,8-9H2,1-7H3,(H,22,25)/t13-,18-/m0/s1. The van der Waals surface area contributed by atoms with Crippen LogP contribution in [0.4, 0.5) is 0 Å². The number of methoxy groups -OCH3 is 3. The van der Waals surface area contributed by atoms with Crippen molar-refractivity contribution in [3.63, 3.8) is 0 Å². The number of hydrogen-bond acceptors (Lipinski definition) is 7. The Balaban J connectivity index is 2.37. The average molecular weight is 405 g/mol. The fraction of sp³-hybridized carbons (Fsp3) is 0.571. The quantitative estimate of drug-likeness (QED) is 0.638. The van der Waals surface area contributed by atoms with Gasteiger partial charge in [-0.05, 0) is 24.0 Å². The molecule has 2 rings (SSSR count). The fourth-order valence-electron chi connectivity index (χ4n) is 2.98. The van der Waals surface area contributed by atoms with E-state index in [0.29, 0.717) is 40.9 Å². The Hall–Kier alpha value is -2.77. The number of nitrogens with zero attached hydrogens (tertiary/aromatic N) is 2. The number of carbonyl (C=O) groups excluding carboxylic acids is 1. The highest BCUT2D eigenvalue weighted by atomic mass is 16.5. The van der Waals surface area contributed by atoms with Gasteiger partial charge in [0.15, 0.2) is 11.5 Å². The van der Waals surface area contributed by atoms with Crippen LogP contribution < -0.4 is 19.5 Å². The number of nitrogens with one attached hydrogen (secondary N) is 1. The van der Waals surface area contributed by atoms with E-state index in [1.807, 2.05) is 20.8 Å². The number of aromatic nitrogens is 2. The van der Waals surface area contributed by atoms with E-state index in [1.54, 1.807) is 33.5 Å². The molecule has 0 aliphatic carbocycles. The zero-order valence-electron chi connectivity index (χ0n) is 18.2. The van der Waals surface area contributed by atoms with Gasteiger partial charge >= 0.3 is 0 Å². The summed E-state index contributed by atoms with van der Waals surface area (Å²) in [6.45, 7) is 8.12. The molecular formula is C21H31N3O5. The molecule has 0 aliphatic rings. The smallest absolute Gasteiger partial charge is 0.249 e. The summed E-state index contributed by atoms with van der Waals surface area (Å²) in [5, 5.41) is 7.15. The third kappa shape index (κ3) is 5.40. The first kappa shape index (κ1) is 22.5. The number of amides is 1. The van der Waals surface area contributed by atoms with Crippen LogP contribution in [0.1, 0.15) is 52.5 Å². The van der Waals surface area contributed by atoms with Crippen LogP contribution >= 0.6 is 0 Å². The second-order valence-corrected chi connectivity index (χ2v) is 7.40. The van der Waals surface area contributed by atoms with Crippen molar-refractivity contribution in [1.82, 2.24) is 15.5 Å². The van der Waals surface area contributed by atoms with E-state index in [0.717, 1.165) is 6.42 Å². The van der Waals surface area contributed by atoms with Crippen LogP contribution in [0.2, 0.25) is 0 Å². The van der Waals surface area contributed by atoms with Gasteiger partial charge in [0.1, 0.15) is 6.04 Å². The van der Waals surface area contributed by atoms with Gasteiger partial charge in [0, 0.05) is 12.0 Å². The Morgan fingerprint density at radius 2 is 1.72 bits per heavy atom. The predicted molar refractivity (Wildman–Crippen MR) is 109 cm³/mol. The molecule has 1 aromatic carbocycles. The van der Waals surface area contributed by atoms with Crippen molar-refractivity contribution in [2.75, 3.05) is 21.3 Å². The molecule has 0 unspecified atom stereocenters. The first-order chi connectivity index (χ1) is 13.8. The Labute approximate surface area is 171 Å².